The van der Waals surface area contributed by atoms with Crippen LogP contribution >= 0.6 is 0 Å². The first-order chi connectivity index (χ1) is 18.8. The van der Waals surface area contributed by atoms with Gasteiger partial charge in [0.05, 0.1) is 39.6 Å². The third-order valence-electron chi connectivity index (χ3n) is 7.46. The van der Waals surface area contributed by atoms with Gasteiger partial charge in [-0.1, -0.05) is 42.5 Å². The first-order valence-corrected chi connectivity index (χ1v) is 13.9. The van der Waals surface area contributed by atoms with Crippen molar-refractivity contribution in [1.82, 2.24) is 5.32 Å². The van der Waals surface area contributed by atoms with E-state index in [2.05, 4.69) is 53.1 Å². The van der Waals surface area contributed by atoms with Gasteiger partial charge in [-0.2, -0.15) is 0 Å². The number of methoxy groups -OCH3 is 1. The topological polar surface area (TPSA) is 61.0 Å². The van der Waals surface area contributed by atoms with Gasteiger partial charge in [0.15, 0.2) is 0 Å². The molecule has 0 radical (unpaired) electrons. The van der Waals surface area contributed by atoms with Crippen molar-refractivity contribution < 1.29 is 18.9 Å². The van der Waals surface area contributed by atoms with E-state index in [4.69, 9.17) is 18.9 Å². The third-order valence-corrected chi connectivity index (χ3v) is 7.46. The smallest absolute Gasteiger partial charge is 0.124 e. The fourth-order valence-electron chi connectivity index (χ4n) is 5.35. The highest BCUT2D eigenvalue weighted by molar-refractivity contribution is 5.54. The Bertz CT molecular complexity index is 1150. The standard InChI is InChI=1S/C32H40N2O4/c1-35-31-8-3-2-6-27(31)23-36-18-5-19-37-28-13-11-25(12-14-28)29-15-17-33-21-32(29)38-22-24-9-10-26-7-4-16-34-30(26)20-24/h2-3,6,8-14,20,29,32-34H,4-5,7,15-19,21-23H2,1H3/t29-,32+/m0/s1. The van der Waals surface area contributed by atoms with E-state index in [9.17, 15) is 0 Å². The second-order valence-corrected chi connectivity index (χ2v) is 10.1. The second kappa shape index (κ2) is 13.7. The molecule has 0 aromatic heterocycles. The van der Waals surface area contributed by atoms with Crippen LogP contribution in [0.15, 0.2) is 66.7 Å². The first-order valence-electron chi connectivity index (χ1n) is 13.9. The van der Waals surface area contributed by atoms with Crippen LogP contribution in [0.5, 0.6) is 11.5 Å². The molecule has 3 aromatic rings. The summed E-state index contributed by atoms with van der Waals surface area (Å²) in [5.41, 5.74) is 6.30. The molecule has 2 N–H and O–H groups in total. The summed E-state index contributed by atoms with van der Waals surface area (Å²) in [7, 11) is 1.68. The highest BCUT2D eigenvalue weighted by atomic mass is 16.5. The molecule has 38 heavy (non-hydrogen) atoms. The van der Waals surface area contributed by atoms with Gasteiger partial charge >= 0.3 is 0 Å². The molecule has 2 heterocycles. The summed E-state index contributed by atoms with van der Waals surface area (Å²) in [6, 6.07) is 23.2. The molecule has 6 nitrogen and oxygen atoms in total. The molecule has 1 saturated heterocycles. The normalized spacial score (nSPS) is 18.9. The van der Waals surface area contributed by atoms with Gasteiger partial charge in [0.2, 0.25) is 0 Å². The van der Waals surface area contributed by atoms with Crippen LogP contribution in [0, 0.1) is 0 Å². The minimum absolute atomic E-state index is 0.153. The number of nitrogens with one attached hydrogen (secondary N) is 2. The molecule has 0 amide bonds. The first kappa shape index (κ1) is 26.5. The maximum atomic E-state index is 6.46. The number of para-hydroxylation sites is 1. The van der Waals surface area contributed by atoms with Crippen LogP contribution in [0.4, 0.5) is 5.69 Å². The van der Waals surface area contributed by atoms with Gasteiger partial charge in [0, 0.05) is 36.7 Å². The van der Waals surface area contributed by atoms with Crippen molar-refractivity contribution in [3.8, 4) is 11.5 Å². The summed E-state index contributed by atoms with van der Waals surface area (Å²) in [6.07, 6.45) is 4.43. The fourth-order valence-corrected chi connectivity index (χ4v) is 5.35. The second-order valence-electron chi connectivity index (χ2n) is 10.1. The summed E-state index contributed by atoms with van der Waals surface area (Å²) in [5.74, 6) is 2.14. The monoisotopic (exact) mass is 516 g/mol. The van der Waals surface area contributed by atoms with Crippen molar-refractivity contribution in [2.75, 3.05) is 45.3 Å². The number of hydrogen-bond donors (Lipinski definition) is 2. The molecule has 6 heteroatoms. The largest absolute Gasteiger partial charge is 0.496 e. The zero-order valence-electron chi connectivity index (χ0n) is 22.4. The molecule has 2 aliphatic rings. The number of ether oxygens (including phenoxy) is 4. The number of aryl methyl sites for hydroxylation is 1. The van der Waals surface area contributed by atoms with E-state index in [1.54, 1.807) is 7.11 Å². The summed E-state index contributed by atoms with van der Waals surface area (Å²) in [6.45, 7) is 5.40. The zero-order chi connectivity index (χ0) is 26.0. The maximum Gasteiger partial charge on any atom is 0.124 e. The number of hydrogen-bond acceptors (Lipinski definition) is 6. The summed E-state index contributed by atoms with van der Waals surface area (Å²) >= 11 is 0. The van der Waals surface area contributed by atoms with E-state index in [0.29, 0.717) is 32.3 Å². The van der Waals surface area contributed by atoms with Gasteiger partial charge in [0.25, 0.3) is 0 Å². The predicted molar refractivity (Wildman–Crippen MR) is 151 cm³/mol. The Labute approximate surface area is 226 Å². The molecule has 0 bridgehead atoms. The van der Waals surface area contributed by atoms with E-state index in [-0.39, 0.29) is 6.10 Å². The molecule has 2 atom stereocenters. The van der Waals surface area contributed by atoms with Crippen molar-refractivity contribution in [3.05, 3.63) is 89.0 Å². The Balaban J connectivity index is 1.06. The lowest BCUT2D eigenvalue weighted by molar-refractivity contribution is 0.0106. The Morgan fingerprint density at radius 3 is 2.71 bits per heavy atom. The molecule has 5 rings (SSSR count). The van der Waals surface area contributed by atoms with Crippen molar-refractivity contribution in [2.45, 2.75) is 50.9 Å². The van der Waals surface area contributed by atoms with Crippen molar-refractivity contribution in [2.24, 2.45) is 0 Å². The van der Waals surface area contributed by atoms with Crippen LogP contribution in [0.3, 0.4) is 0 Å². The minimum Gasteiger partial charge on any atom is -0.496 e. The van der Waals surface area contributed by atoms with Crippen LogP contribution < -0.4 is 20.1 Å². The van der Waals surface area contributed by atoms with Crippen LogP contribution in [-0.4, -0.2) is 46.1 Å². The van der Waals surface area contributed by atoms with Gasteiger partial charge in [0.1, 0.15) is 11.5 Å². The van der Waals surface area contributed by atoms with E-state index in [0.717, 1.165) is 56.0 Å². The Hall–Kier alpha value is -3.06. The SMILES string of the molecule is COc1ccccc1COCCCOc1ccc([C@@H]2CCNC[C@H]2OCc2ccc3c(c2)NCCC3)cc1. The van der Waals surface area contributed by atoms with E-state index in [1.807, 2.05) is 24.3 Å². The number of benzene rings is 3. The molecular weight excluding hydrogens is 476 g/mol. The van der Waals surface area contributed by atoms with Crippen LogP contribution in [0.1, 0.15) is 47.4 Å². The average Bonchev–Trinajstić information content (AvgIpc) is 2.98. The van der Waals surface area contributed by atoms with Gasteiger partial charge < -0.3 is 29.6 Å². The molecule has 202 valence electrons. The number of rotatable bonds is 12. The van der Waals surface area contributed by atoms with E-state index >= 15 is 0 Å². The third kappa shape index (κ3) is 7.07. The van der Waals surface area contributed by atoms with Gasteiger partial charge in [-0.25, -0.2) is 0 Å². The molecule has 0 spiro atoms. The Morgan fingerprint density at radius 2 is 1.82 bits per heavy atom. The molecule has 1 fully saturated rings. The lowest BCUT2D eigenvalue weighted by Crippen LogP contribution is -2.40. The predicted octanol–water partition coefficient (Wildman–Crippen LogP) is 5.70. The zero-order valence-corrected chi connectivity index (χ0v) is 22.4. The van der Waals surface area contributed by atoms with Gasteiger partial charge in [-0.05, 0) is 66.8 Å². The minimum atomic E-state index is 0.153. The Morgan fingerprint density at radius 1 is 0.921 bits per heavy atom. The van der Waals surface area contributed by atoms with Crippen molar-refractivity contribution in [1.29, 1.82) is 0 Å². The van der Waals surface area contributed by atoms with Gasteiger partial charge in [-0.3, -0.25) is 0 Å². The highest BCUT2D eigenvalue weighted by Gasteiger charge is 2.27. The summed E-state index contributed by atoms with van der Waals surface area (Å²) < 4.78 is 23.6. The number of piperidine rings is 1. The molecule has 0 unspecified atom stereocenters. The number of fused-ring (bicyclic) bond motifs is 1. The van der Waals surface area contributed by atoms with Gasteiger partial charge in [-0.15, -0.1) is 0 Å². The van der Waals surface area contributed by atoms with Crippen LogP contribution in [0.2, 0.25) is 0 Å². The highest BCUT2D eigenvalue weighted by Crippen LogP contribution is 2.30. The lowest BCUT2D eigenvalue weighted by Gasteiger charge is -2.32. The van der Waals surface area contributed by atoms with E-state index < -0.39 is 0 Å². The maximum absolute atomic E-state index is 6.46. The summed E-state index contributed by atoms with van der Waals surface area (Å²) in [4.78, 5) is 0. The molecular formula is C32H40N2O4. The molecule has 3 aromatic carbocycles. The van der Waals surface area contributed by atoms with Crippen molar-refractivity contribution >= 4 is 5.69 Å². The number of anilines is 1. The Kier molecular flexibility index (Phi) is 9.54. The molecule has 0 saturated carbocycles. The van der Waals surface area contributed by atoms with Crippen LogP contribution in [-0.2, 0) is 29.1 Å². The quantitative estimate of drug-likeness (QED) is 0.301. The molecule has 0 aliphatic carbocycles. The summed E-state index contributed by atoms with van der Waals surface area (Å²) in [5, 5.41) is 7.04. The fraction of sp³-hybridized carbons (Fsp3) is 0.438. The lowest BCUT2D eigenvalue weighted by atomic mass is 9.87. The molecule has 2 aliphatic heterocycles. The average molecular weight is 517 g/mol. The van der Waals surface area contributed by atoms with E-state index in [1.165, 1.54) is 28.8 Å². The van der Waals surface area contributed by atoms with Crippen molar-refractivity contribution in [3.63, 3.8) is 0 Å². The van der Waals surface area contributed by atoms with Crippen LogP contribution in [0.25, 0.3) is 0 Å².